The second kappa shape index (κ2) is 5.94. The van der Waals surface area contributed by atoms with Gasteiger partial charge in [0.15, 0.2) is 0 Å². The molecule has 21 heavy (non-hydrogen) atoms. The highest BCUT2D eigenvalue weighted by Gasteiger charge is 2.09. The van der Waals surface area contributed by atoms with Crippen molar-refractivity contribution >= 4 is 26.8 Å². The Morgan fingerprint density at radius 3 is 2.67 bits per heavy atom. The Kier molecular flexibility index (Phi) is 3.85. The van der Waals surface area contributed by atoms with Crippen LogP contribution >= 0.6 is 15.9 Å². The summed E-state index contributed by atoms with van der Waals surface area (Å²) in [6, 6.07) is 19.4. The van der Waals surface area contributed by atoms with Crippen molar-refractivity contribution in [3.8, 4) is 11.9 Å². The second-order valence-corrected chi connectivity index (χ2v) is 5.38. The average Bonchev–Trinajstić information content (AvgIpc) is 2.53. The third-order valence-electron chi connectivity index (χ3n) is 3.13. The van der Waals surface area contributed by atoms with Gasteiger partial charge in [-0.2, -0.15) is 5.26 Å². The quantitative estimate of drug-likeness (QED) is 0.708. The Labute approximate surface area is 130 Å². The maximum Gasteiger partial charge on any atom is 0.232 e. The zero-order valence-corrected chi connectivity index (χ0v) is 12.7. The number of para-hydroxylation sites is 1. The number of nitrogens with zero attached hydrogens (tertiary/aromatic N) is 2. The second-order valence-electron chi connectivity index (χ2n) is 4.53. The Morgan fingerprint density at radius 1 is 1.10 bits per heavy atom. The molecule has 0 atom stereocenters. The standard InChI is InChI=1S/C17H11BrN2O/c18-15-7-3-1-6-13(15)11-21-17-14(10-19)9-12-5-2-4-8-16(12)20-17/h1-9H,11H2. The lowest BCUT2D eigenvalue weighted by atomic mass is 10.1. The molecule has 1 heterocycles. The zero-order chi connectivity index (χ0) is 14.7. The molecule has 0 radical (unpaired) electrons. The smallest absolute Gasteiger partial charge is 0.232 e. The molecule has 0 aliphatic carbocycles. The molecule has 4 heteroatoms. The fraction of sp³-hybridized carbons (Fsp3) is 0.0588. The van der Waals surface area contributed by atoms with E-state index in [9.17, 15) is 5.26 Å². The highest BCUT2D eigenvalue weighted by Crippen LogP contribution is 2.23. The number of ether oxygens (including phenoxy) is 1. The van der Waals surface area contributed by atoms with Crippen molar-refractivity contribution in [1.82, 2.24) is 4.98 Å². The van der Waals surface area contributed by atoms with Gasteiger partial charge in [-0.1, -0.05) is 52.3 Å². The van der Waals surface area contributed by atoms with Crippen LogP contribution in [-0.4, -0.2) is 4.98 Å². The first-order chi connectivity index (χ1) is 10.3. The van der Waals surface area contributed by atoms with Crippen LogP contribution < -0.4 is 4.74 Å². The minimum Gasteiger partial charge on any atom is -0.472 e. The summed E-state index contributed by atoms with van der Waals surface area (Å²) >= 11 is 3.48. The first-order valence-corrected chi connectivity index (χ1v) is 7.23. The molecular weight excluding hydrogens is 328 g/mol. The molecule has 3 rings (SSSR count). The summed E-state index contributed by atoms with van der Waals surface area (Å²) in [5.74, 6) is 0.368. The summed E-state index contributed by atoms with van der Waals surface area (Å²) in [5, 5.41) is 10.2. The largest absolute Gasteiger partial charge is 0.472 e. The van der Waals surface area contributed by atoms with E-state index in [-0.39, 0.29) is 0 Å². The predicted octanol–water partition coefficient (Wildman–Crippen LogP) is 4.45. The average molecular weight is 339 g/mol. The van der Waals surface area contributed by atoms with E-state index < -0.39 is 0 Å². The van der Waals surface area contributed by atoms with Crippen molar-refractivity contribution in [2.45, 2.75) is 6.61 Å². The van der Waals surface area contributed by atoms with Crippen molar-refractivity contribution in [2.24, 2.45) is 0 Å². The Bertz CT molecular complexity index is 840. The number of hydrogen-bond donors (Lipinski definition) is 0. The number of hydrogen-bond acceptors (Lipinski definition) is 3. The van der Waals surface area contributed by atoms with Gasteiger partial charge in [0.25, 0.3) is 0 Å². The molecule has 3 aromatic rings. The van der Waals surface area contributed by atoms with Crippen molar-refractivity contribution in [1.29, 1.82) is 5.26 Å². The predicted molar refractivity (Wildman–Crippen MR) is 84.9 cm³/mol. The van der Waals surface area contributed by atoms with E-state index in [0.717, 1.165) is 20.9 Å². The third-order valence-corrected chi connectivity index (χ3v) is 3.91. The molecule has 0 bridgehead atoms. The highest BCUT2D eigenvalue weighted by molar-refractivity contribution is 9.10. The Morgan fingerprint density at radius 2 is 1.86 bits per heavy atom. The maximum absolute atomic E-state index is 9.25. The maximum atomic E-state index is 9.25. The van der Waals surface area contributed by atoms with Crippen LogP contribution in [0.1, 0.15) is 11.1 Å². The van der Waals surface area contributed by atoms with Crippen LogP contribution in [0.5, 0.6) is 5.88 Å². The van der Waals surface area contributed by atoms with Gasteiger partial charge in [0.2, 0.25) is 5.88 Å². The lowest BCUT2D eigenvalue weighted by molar-refractivity contribution is 0.293. The summed E-state index contributed by atoms with van der Waals surface area (Å²) in [6.45, 7) is 0.363. The van der Waals surface area contributed by atoms with Gasteiger partial charge in [-0.05, 0) is 18.2 Å². The number of pyridine rings is 1. The van der Waals surface area contributed by atoms with E-state index in [1.807, 2.05) is 48.5 Å². The van der Waals surface area contributed by atoms with Crippen LogP contribution in [0.15, 0.2) is 59.1 Å². The van der Waals surface area contributed by atoms with E-state index in [1.54, 1.807) is 6.07 Å². The first kappa shape index (κ1) is 13.6. The summed E-state index contributed by atoms with van der Waals surface area (Å²) in [4.78, 5) is 4.43. The molecule has 0 spiro atoms. The molecule has 0 saturated heterocycles. The van der Waals surface area contributed by atoms with E-state index in [4.69, 9.17) is 4.74 Å². The van der Waals surface area contributed by atoms with Crippen molar-refractivity contribution in [2.75, 3.05) is 0 Å². The molecule has 0 unspecified atom stereocenters. The molecule has 1 aromatic heterocycles. The van der Waals surface area contributed by atoms with Gasteiger partial charge in [-0.15, -0.1) is 0 Å². The van der Waals surface area contributed by atoms with Gasteiger partial charge < -0.3 is 4.74 Å². The number of rotatable bonds is 3. The first-order valence-electron chi connectivity index (χ1n) is 6.44. The van der Waals surface area contributed by atoms with Gasteiger partial charge >= 0.3 is 0 Å². The van der Waals surface area contributed by atoms with E-state index in [2.05, 4.69) is 27.0 Å². The van der Waals surface area contributed by atoms with Crippen molar-refractivity contribution < 1.29 is 4.74 Å². The van der Waals surface area contributed by atoms with Gasteiger partial charge in [-0.25, -0.2) is 4.98 Å². The topological polar surface area (TPSA) is 45.9 Å². The van der Waals surface area contributed by atoms with Crippen LogP contribution in [0.3, 0.4) is 0 Å². The SMILES string of the molecule is N#Cc1cc2ccccc2nc1OCc1ccccc1Br. The van der Waals surface area contributed by atoms with Gasteiger partial charge in [0.05, 0.1) is 5.52 Å². The zero-order valence-electron chi connectivity index (χ0n) is 11.1. The highest BCUT2D eigenvalue weighted by atomic mass is 79.9. The summed E-state index contributed by atoms with van der Waals surface area (Å²) in [6.07, 6.45) is 0. The summed E-state index contributed by atoms with van der Waals surface area (Å²) in [5.41, 5.74) is 2.27. The number of halogens is 1. The lowest BCUT2D eigenvalue weighted by Gasteiger charge is -2.09. The number of benzene rings is 2. The van der Waals surface area contributed by atoms with Crippen molar-refractivity contribution in [3.63, 3.8) is 0 Å². The van der Waals surface area contributed by atoms with Crippen LogP contribution in [0, 0.1) is 11.3 Å². The minimum atomic E-state index is 0.363. The molecule has 3 nitrogen and oxygen atoms in total. The Hall–Kier alpha value is -2.38. The molecule has 0 fully saturated rings. The number of nitriles is 1. The van der Waals surface area contributed by atoms with Gasteiger partial charge in [0, 0.05) is 15.4 Å². The molecule has 0 saturated carbocycles. The van der Waals surface area contributed by atoms with E-state index in [1.165, 1.54) is 0 Å². The fourth-order valence-corrected chi connectivity index (χ4v) is 2.45. The minimum absolute atomic E-state index is 0.363. The lowest BCUT2D eigenvalue weighted by Crippen LogP contribution is -2.00. The molecule has 0 aliphatic rings. The van der Waals surface area contributed by atoms with Gasteiger partial charge in [-0.3, -0.25) is 0 Å². The monoisotopic (exact) mass is 338 g/mol. The third kappa shape index (κ3) is 2.88. The van der Waals surface area contributed by atoms with E-state index >= 15 is 0 Å². The van der Waals surface area contributed by atoms with Gasteiger partial charge in [0.1, 0.15) is 18.2 Å². The van der Waals surface area contributed by atoms with Crippen LogP contribution in [0.4, 0.5) is 0 Å². The Balaban J connectivity index is 1.93. The van der Waals surface area contributed by atoms with Crippen LogP contribution in [-0.2, 0) is 6.61 Å². The summed E-state index contributed by atoms with van der Waals surface area (Å²) < 4.78 is 6.72. The summed E-state index contributed by atoms with van der Waals surface area (Å²) in [7, 11) is 0. The molecule has 102 valence electrons. The molecule has 0 aliphatic heterocycles. The molecule has 0 amide bonds. The fourth-order valence-electron chi connectivity index (χ4n) is 2.05. The van der Waals surface area contributed by atoms with Crippen LogP contribution in [0.2, 0.25) is 0 Å². The number of aromatic nitrogens is 1. The molecular formula is C17H11BrN2O. The van der Waals surface area contributed by atoms with Crippen LogP contribution in [0.25, 0.3) is 10.9 Å². The normalized spacial score (nSPS) is 10.3. The molecule has 2 aromatic carbocycles. The molecule has 0 N–H and O–H groups in total. The number of fused-ring (bicyclic) bond motifs is 1. The van der Waals surface area contributed by atoms with E-state index in [0.29, 0.717) is 18.1 Å². The van der Waals surface area contributed by atoms with Crippen molar-refractivity contribution in [3.05, 3.63) is 70.2 Å².